The van der Waals surface area contributed by atoms with Crippen LogP contribution in [-0.4, -0.2) is 28.2 Å². The highest BCUT2D eigenvalue weighted by atomic mass is 32.2. The lowest BCUT2D eigenvalue weighted by atomic mass is 9.97. The van der Waals surface area contributed by atoms with Crippen molar-refractivity contribution in [2.24, 2.45) is 0 Å². The summed E-state index contributed by atoms with van der Waals surface area (Å²) >= 11 is 1.23. The van der Waals surface area contributed by atoms with E-state index in [1.54, 1.807) is 18.4 Å². The number of carbonyl (C=O) groups is 2. The molecule has 206 valence electrons. The summed E-state index contributed by atoms with van der Waals surface area (Å²) in [4.78, 5) is 35.9. The molecule has 0 saturated carbocycles. The van der Waals surface area contributed by atoms with Crippen LogP contribution in [-0.2, 0) is 13.1 Å². The zero-order valence-corrected chi connectivity index (χ0v) is 23.4. The van der Waals surface area contributed by atoms with Crippen molar-refractivity contribution in [1.29, 1.82) is 0 Å². The van der Waals surface area contributed by atoms with Gasteiger partial charge >= 0.3 is 6.03 Å². The number of rotatable bonds is 6. The van der Waals surface area contributed by atoms with E-state index in [-0.39, 0.29) is 18.3 Å². The molecule has 0 fully saturated rings. The normalized spacial score (nSPS) is 12.2. The molecule has 1 aromatic heterocycles. The monoisotopic (exact) mass is 561 g/mol. The quantitative estimate of drug-likeness (QED) is 0.200. The minimum absolute atomic E-state index is 0.0502. The number of carbonyl (C=O) groups excluding carboxylic acids is 2. The number of hydrogen-bond acceptors (Lipinski definition) is 5. The molecule has 0 atom stereocenters. The number of nitrogens with zero attached hydrogens (tertiary/aromatic N) is 3. The van der Waals surface area contributed by atoms with E-state index in [9.17, 15) is 18.4 Å². The maximum atomic E-state index is 14.8. The van der Waals surface area contributed by atoms with Crippen molar-refractivity contribution < 1.29 is 18.4 Å². The van der Waals surface area contributed by atoms with Gasteiger partial charge in [-0.3, -0.25) is 4.79 Å². The van der Waals surface area contributed by atoms with Crippen molar-refractivity contribution in [2.45, 2.75) is 39.0 Å². The molecule has 3 aromatic carbocycles. The van der Waals surface area contributed by atoms with E-state index in [4.69, 9.17) is 0 Å². The third-order valence-corrected chi connectivity index (χ3v) is 6.74. The summed E-state index contributed by atoms with van der Waals surface area (Å²) in [5.74, 6) is -1.96. The fourth-order valence-electron chi connectivity index (χ4n) is 4.26. The highest BCUT2D eigenvalue weighted by Gasteiger charge is 2.34. The first-order valence-corrected chi connectivity index (χ1v) is 14.0. The van der Waals surface area contributed by atoms with Crippen molar-refractivity contribution in [3.8, 4) is 11.3 Å². The van der Waals surface area contributed by atoms with Gasteiger partial charge in [0.25, 0.3) is 5.91 Å². The van der Waals surface area contributed by atoms with Crippen molar-refractivity contribution in [2.75, 3.05) is 11.2 Å². The third-order valence-electron chi connectivity index (χ3n) is 6.19. The highest BCUT2D eigenvalue weighted by Crippen LogP contribution is 2.39. The summed E-state index contributed by atoms with van der Waals surface area (Å²) in [6, 6.07) is 17.5. The Hall–Kier alpha value is -4.31. The van der Waals surface area contributed by atoms with E-state index in [1.807, 2.05) is 57.2 Å². The zero-order chi connectivity index (χ0) is 28.8. The number of urea groups is 1. The van der Waals surface area contributed by atoms with E-state index in [0.717, 1.165) is 28.2 Å². The van der Waals surface area contributed by atoms with Gasteiger partial charge in [0, 0.05) is 23.2 Å². The van der Waals surface area contributed by atoms with Gasteiger partial charge in [0.1, 0.15) is 17.3 Å². The van der Waals surface area contributed by atoms with Gasteiger partial charge in [0.2, 0.25) is 0 Å². The van der Waals surface area contributed by atoms with E-state index < -0.39 is 23.4 Å². The Morgan fingerprint density at radius 2 is 1.73 bits per heavy atom. The number of hydrogen-bond donors (Lipinski definition) is 2. The molecule has 0 saturated heterocycles. The number of amides is 3. The Kier molecular flexibility index (Phi) is 9.11. The fraction of sp³-hybridized carbons (Fsp3) is 0.200. The standard InChI is InChI=1S/C28H23F2N5O2S.C2H6/c1-16-11-12-18(26(36)31-14-17-7-4-3-5-8-17)13-19(16)23-20-15-32-28(37)35(25(20)34-27(33-23)38-2)24-21(29)9-6-10-22(24)30;1-2/h3-13H,14-15H2,1-2H3,(H,31,36)(H,32,37);1-2H3. The first-order chi connectivity index (χ1) is 19.4. The van der Waals surface area contributed by atoms with E-state index in [0.29, 0.717) is 34.1 Å². The molecular formula is C30H29F2N5O2S. The van der Waals surface area contributed by atoms with Gasteiger partial charge in [-0.1, -0.05) is 68.1 Å². The van der Waals surface area contributed by atoms with Crippen LogP contribution in [0.4, 0.5) is 25.1 Å². The van der Waals surface area contributed by atoms with Crippen LogP contribution >= 0.6 is 11.8 Å². The molecule has 0 spiro atoms. The minimum atomic E-state index is -0.896. The van der Waals surface area contributed by atoms with Gasteiger partial charge in [0.05, 0.1) is 12.2 Å². The van der Waals surface area contributed by atoms with Gasteiger partial charge in [-0.25, -0.2) is 28.4 Å². The Bertz CT molecular complexity index is 1530. The molecule has 10 heteroatoms. The second kappa shape index (κ2) is 12.7. The van der Waals surface area contributed by atoms with E-state index in [2.05, 4.69) is 20.6 Å². The number of thioether (sulfide) groups is 1. The van der Waals surface area contributed by atoms with Crippen LogP contribution in [0.2, 0.25) is 0 Å². The van der Waals surface area contributed by atoms with Crippen molar-refractivity contribution in [1.82, 2.24) is 20.6 Å². The second-order valence-corrected chi connectivity index (χ2v) is 9.40. The maximum absolute atomic E-state index is 14.8. The van der Waals surface area contributed by atoms with Gasteiger partial charge in [-0.15, -0.1) is 0 Å². The average molecular weight is 562 g/mol. The smallest absolute Gasteiger partial charge is 0.328 e. The lowest BCUT2D eigenvalue weighted by Gasteiger charge is -2.30. The molecule has 0 radical (unpaired) electrons. The number of halogens is 2. The van der Waals surface area contributed by atoms with Gasteiger partial charge < -0.3 is 10.6 Å². The molecule has 2 heterocycles. The summed E-state index contributed by atoms with van der Waals surface area (Å²) in [6.07, 6.45) is 1.77. The van der Waals surface area contributed by atoms with Crippen molar-refractivity contribution >= 4 is 35.2 Å². The van der Waals surface area contributed by atoms with Gasteiger partial charge in [0.15, 0.2) is 11.0 Å². The van der Waals surface area contributed by atoms with Crippen LogP contribution < -0.4 is 15.5 Å². The van der Waals surface area contributed by atoms with E-state index in [1.165, 1.54) is 17.8 Å². The molecule has 1 aliphatic rings. The van der Waals surface area contributed by atoms with Gasteiger partial charge in [-0.05, 0) is 48.6 Å². The lowest BCUT2D eigenvalue weighted by Crippen LogP contribution is -2.43. The predicted molar refractivity (Wildman–Crippen MR) is 154 cm³/mol. The van der Waals surface area contributed by atoms with Crippen molar-refractivity contribution in [3.05, 3.63) is 101 Å². The average Bonchev–Trinajstić information content (AvgIpc) is 2.98. The van der Waals surface area contributed by atoms with Crippen LogP contribution in [0.25, 0.3) is 11.3 Å². The molecule has 40 heavy (non-hydrogen) atoms. The Labute approximate surface area is 236 Å². The molecule has 2 N–H and O–H groups in total. The molecular weight excluding hydrogens is 532 g/mol. The molecule has 7 nitrogen and oxygen atoms in total. The largest absolute Gasteiger partial charge is 0.348 e. The number of benzene rings is 3. The number of aryl methyl sites for hydroxylation is 1. The van der Waals surface area contributed by atoms with Crippen LogP contribution in [0.5, 0.6) is 0 Å². The number of nitrogens with one attached hydrogen (secondary N) is 2. The lowest BCUT2D eigenvalue weighted by molar-refractivity contribution is 0.0951. The number of fused-ring (bicyclic) bond motifs is 1. The molecule has 3 amide bonds. The first-order valence-electron chi connectivity index (χ1n) is 12.8. The Morgan fingerprint density at radius 3 is 2.40 bits per heavy atom. The molecule has 4 aromatic rings. The maximum Gasteiger partial charge on any atom is 0.328 e. The summed E-state index contributed by atoms with van der Waals surface area (Å²) in [5, 5.41) is 5.91. The summed E-state index contributed by atoms with van der Waals surface area (Å²) in [5.41, 5.74) is 3.31. The number of aromatic nitrogens is 2. The van der Waals surface area contributed by atoms with Crippen LogP contribution in [0.3, 0.4) is 0 Å². The zero-order valence-electron chi connectivity index (χ0n) is 22.6. The Morgan fingerprint density at radius 1 is 1.02 bits per heavy atom. The SMILES string of the molecule is CC.CSc1nc(-c2cc(C(=O)NCc3ccccc3)ccc2C)c2c(n1)N(c1c(F)cccc1F)C(=O)NC2. The molecule has 0 aliphatic carbocycles. The third kappa shape index (κ3) is 5.81. The van der Waals surface area contributed by atoms with Crippen LogP contribution in [0.1, 0.15) is 40.9 Å². The predicted octanol–water partition coefficient (Wildman–Crippen LogP) is 6.77. The molecule has 1 aliphatic heterocycles. The van der Waals surface area contributed by atoms with E-state index >= 15 is 0 Å². The molecule has 0 unspecified atom stereocenters. The fourth-order valence-corrected chi connectivity index (χ4v) is 4.62. The topological polar surface area (TPSA) is 87.2 Å². The number of anilines is 2. The van der Waals surface area contributed by atoms with Crippen LogP contribution in [0, 0.1) is 18.6 Å². The number of para-hydroxylation sites is 1. The Balaban J connectivity index is 0.00000181. The first kappa shape index (κ1) is 28.7. The second-order valence-electron chi connectivity index (χ2n) is 8.62. The summed E-state index contributed by atoms with van der Waals surface area (Å²) in [6.45, 7) is 6.30. The van der Waals surface area contributed by atoms with Gasteiger partial charge in [-0.2, -0.15) is 0 Å². The van der Waals surface area contributed by atoms with Crippen molar-refractivity contribution in [3.63, 3.8) is 0 Å². The summed E-state index contributed by atoms with van der Waals surface area (Å²) in [7, 11) is 0. The minimum Gasteiger partial charge on any atom is -0.348 e. The molecule has 5 rings (SSSR count). The molecule has 0 bridgehead atoms. The summed E-state index contributed by atoms with van der Waals surface area (Å²) < 4.78 is 29.5. The van der Waals surface area contributed by atoms with Crippen LogP contribution in [0.15, 0.2) is 71.9 Å². The highest BCUT2D eigenvalue weighted by molar-refractivity contribution is 7.98.